The maximum Gasteiger partial charge on any atom is 0.178 e. The lowest BCUT2D eigenvalue weighted by Crippen LogP contribution is -2.45. The van der Waals surface area contributed by atoms with E-state index in [0.717, 1.165) is 22.9 Å². The fourth-order valence-electron chi connectivity index (χ4n) is 2.72. The molecule has 0 spiro atoms. The zero-order valence-electron chi connectivity index (χ0n) is 12.6. The maximum atomic E-state index is 12.6. The summed E-state index contributed by atoms with van der Waals surface area (Å²) in [4.78, 5) is 14.6. The summed E-state index contributed by atoms with van der Waals surface area (Å²) < 4.78 is 1.08. The molecule has 1 aromatic carbocycles. The van der Waals surface area contributed by atoms with Gasteiger partial charge in [-0.25, -0.2) is 0 Å². The fraction of sp³-hybridized carbons (Fsp3) is 0.471. The van der Waals surface area contributed by atoms with Crippen LogP contribution in [-0.2, 0) is 4.79 Å². The van der Waals surface area contributed by atoms with Crippen molar-refractivity contribution < 1.29 is 4.79 Å². The first-order valence-electron chi connectivity index (χ1n) is 7.03. The Morgan fingerprint density at radius 2 is 2.10 bits per heavy atom. The van der Waals surface area contributed by atoms with Crippen LogP contribution in [0.2, 0.25) is 0 Å². The predicted molar refractivity (Wildman–Crippen MR) is 87.0 cm³/mol. The third kappa shape index (κ3) is 2.89. The summed E-state index contributed by atoms with van der Waals surface area (Å²) in [6.07, 6.45) is 3.93. The standard InChI is InChI=1S/C17H22BrNO/c1-12(13-6-5-7-15(18)11-13)10-14-8-9-17(2,16(14)20)19(3)4/h5-7,10-12H,8-9H2,1-4H3/b14-10+. The van der Waals surface area contributed by atoms with Crippen molar-refractivity contribution in [3.63, 3.8) is 0 Å². The van der Waals surface area contributed by atoms with E-state index < -0.39 is 0 Å². The molecular formula is C17H22BrNO. The van der Waals surface area contributed by atoms with E-state index >= 15 is 0 Å². The molecule has 0 saturated heterocycles. The number of carbonyl (C=O) groups is 1. The highest BCUT2D eigenvalue weighted by Crippen LogP contribution is 2.35. The summed E-state index contributed by atoms with van der Waals surface area (Å²) in [5.41, 5.74) is 1.88. The van der Waals surface area contributed by atoms with Crippen molar-refractivity contribution in [1.82, 2.24) is 4.90 Å². The predicted octanol–water partition coefficient (Wildman–Crippen LogP) is 4.16. The minimum Gasteiger partial charge on any atom is -0.297 e. The smallest absolute Gasteiger partial charge is 0.178 e. The van der Waals surface area contributed by atoms with Gasteiger partial charge in [0, 0.05) is 4.47 Å². The molecule has 1 fully saturated rings. The summed E-state index contributed by atoms with van der Waals surface area (Å²) in [6, 6.07) is 8.28. The number of halogens is 1. The van der Waals surface area contributed by atoms with Gasteiger partial charge >= 0.3 is 0 Å². The second-order valence-corrected chi connectivity index (χ2v) is 6.95. The van der Waals surface area contributed by atoms with Crippen molar-refractivity contribution in [2.75, 3.05) is 14.1 Å². The molecule has 0 radical (unpaired) electrons. The van der Waals surface area contributed by atoms with Gasteiger partial charge in [-0.3, -0.25) is 9.69 Å². The topological polar surface area (TPSA) is 20.3 Å². The maximum absolute atomic E-state index is 12.6. The molecule has 1 aliphatic carbocycles. The van der Waals surface area contributed by atoms with Crippen molar-refractivity contribution in [3.8, 4) is 0 Å². The molecule has 2 rings (SSSR count). The Kier molecular flexibility index (Phi) is 4.50. The Balaban J connectivity index is 2.22. The minimum atomic E-state index is -0.331. The first-order chi connectivity index (χ1) is 9.34. The number of likely N-dealkylation sites (N-methyl/N-ethyl adjacent to an activating group) is 1. The minimum absolute atomic E-state index is 0.260. The van der Waals surface area contributed by atoms with Crippen LogP contribution in [0.25, 0.3) is 0 Å². The van der Waals surface area contributed by atoms with Crippen LogP contribution in [0, 0.1) is 0 Å². The summed E-state index contributed by atoms with van der Waals surface area (Å²) in [5, 5.41) is 0. The van der Waals surface area contributed by atoms with Crippen LogP contribution in [0.4, 0.5) is 0 Å². The third-order valence-electron chi connectivity index (χ3n) is 4.47. The van der Waals surface area contributed by atoms with Gasteiger partial charge in [0.05, 0.1) is 5.54 Å². The average Bonchev–Trinajstić information content (AvgIpc) is 2.68. The molecule has 0 N–H and O–H groups in total. The van der Waals surface area contributed by atoms with Crippen molar-refractivity contribution in [2.24, 2.45) is 0 Å². The zero-order valence-corrected chi connectivity index (χ0v) is 14.2. The number of allylic oxidation sites excluding steroid dienone is 1. The molecule has 2 unspecified atom stereocenters. The highest BCUT2D eigenvalue weighted by molar-refractivity contribution is 9.10. The Morgan fingerprint density at radius 1 is 1.40 bits per heavy atom. The largest absolute Gasteiger partial charge is 0.297 e. The lowest BCUT2D eigenvalue weighted by molar-refractivity contribution is -0.123. The number of rotatable bonds is 3. The summed E-state index contributed by atoms with van der Waals surface area (Å²) in [6.45, 7) is 4.19. The first-order valence-corrected chi connectivity index (χ1v) is 7.82. The van der Waals surface area contributed by atoms with E-state index in [1.165, 1.54) is 5.56 Å². The molecule has 1 aromatic rings. The number of benzene rings is 1. The van der Waals surface area contributed by atoms with Crippen LogP contribution in [0.5, 0.6) is 0 Å². The van der Waals surface area contributed by atoms with E-state index in [2.05, 4.69) is 41.1 Å². The van der Waals surface area contributed by atoms with Crippen LogP contribution in [0.1, 0.15) is 38.2 Å². The van der Waals surface area contributed by atoms with Gasteiger partial charge in [0.25, 0.3) is 0 Å². The van der Waals surface area contributed by atoms with Gasteiger partial charge in [0.15, 0.2) is 5.78 Å². The van der Waals surface area contributed by atoms with Gasteiger partial charge in [-0.15, -0.1) is 0 Å². The van der Waals surface area contributed by atoms with Gasteiger partial charge in [0.1, 0.15) is 0 Å². The molecule has 1 saturated carbocycles. The van der Waals surface area contributed by atoms with Gasteiger partial charge < -0.3 is 0 Å². The monoisotopic (exact) mass is 335 g/mol. The summed E-state index contributed by atoms with van der Waals surface area (Å²) in [7, 11) is 3.97. The number of ketones is 1. The number of hydrogen-bond donors (Lipinski definition) is 0. The first kappa shape index (κ1) is 15.5. The lowest BCUT2D eigenvalue weighted by Gasteiger charge is -2.29. The quantitative estimate of drug-likeness (QED) is 0.773. The average molecular weight is 336 g/mol. The highest BCUT2D eigenvalue weighted by atomic mass is 79.9. The lowest BCUT2D eigenvalue weighted by atomic mass is 9.94. The number of hydrogen-bond acceptors (Lipinski definition) is 2. The Labute approximate surface area is 130 Å². The highest BCUT2D eigenvalue weighted by Gasteiger charge is 2.42. The summed E-state index contributed by atoms with van der Waals surface area (Å²) >= 11 is 3.50. The van der Waals surface area contributed by atoms with Crippen molar-refractivity contribution in [2.45, 2.75) is 38.1 Å². The second kappa shape index (κ2) is 5.82. The van der Waals surface area contributed by atoms with Gasteiger partial charge in [-0.1, -0.05) is 41.1 Å². The van der Waals surface area contributed by atoms with E-state index in [1.807, 2.05) is 38.1 Å². The summed E-state index contributed by atoms with van der Waals surface area (Å²) in [5.74, 6) is 0.542. The second-order valence-electron chi connectivity index (χ2n) is 6.03. The van der Waals surface area contributed by atoms with E-state index in [4.69, 9.17) is 0 Å². The SMILES string of the molecule is CC(/C=C1\CCC(C)(N(C)C)C1=O)c1cccc(Br)c1. The molecule has 0 bridgehead atoms. The molecule has 0 amide bonds. The molecule has 2 nitrogen and oxygen atoms in total. The van der Waals surface area contributed by atoms with Crippen molar-refractivity contribution in [1.29, 1.82) is 0 Å². The molecule has 20 heavy (non-hydrogen) atoms. The Bertz CT molecular complexity index is 550. The third-order valence-corrected chi connectivity index (χ3v) is 4.97. The van der Waals surface area contributed by atoms with Crippen molar-refractivity contribution in [3.05, 3.63) is 46.0 Å². The number of Topliss-reactive ketones (excluding diaryl/α,β-unsaturated/α-hetero) is 1. The van der Waals surface area contributed by atoms with E-state index in [0.29, 0.717) is 0 Å². The fourth-order valence-corrected chi connectivity index (χ4v) is 3.14. The zero-order chi connectivity index (χ0) is 14.9. The van der Waals surface area contributed by atoms with Crippen LogP contribution in [0.3, 0.4) is 0 Å². The molecule has 0 aromatic heterocycles. The van der Waals surface area contributed by atoms with E-state index in [9.17, 15) is 4.79 Å². The molecule has 0 heterocycles. The normalized spacial score (nSPS) is 26.5. The molecular weight excluding hydrogens is 314 g/mol. The molecule has 1 aliphatic rings. The van der Waals surface area contributed by atoms with Crippen molar-refractivity contribution >= 4 is 21.7 Å². The molecule has 0 aliphatic heterocycles. The van der Waals surface area contributed by atoms with E-state index in [-0.39, 0.29) is 17.2 Å². The van der Waals surface area contributed by atoms with Crippen LogP contribution < -0.4 is 0 Å². The van der Waals surface area contributed by atoms with Crippen LogP contribution in [-0.4, -0.2) is 30.3 Å². The molecule has 3 heteroatoms. The molecule has 2 atom stereocenters. The van der Waals surface area contributed by atoms with Gasteiger partial charge in [0.2, 0.25) is 0 Å². The number of nitrogens with zero attached hydrogens (tertiary/aromatic N) is 1. The van der Waals surface area contributed by atoms with E-state index in [1.54, 1.807) is 0 Å². The molecule has 108 valence electrons. The van der Waals surface area contributed by atoms with Crippen LogP contribution >= 0.6 is 15.9 Å². The van der Waals surface area contributed by atoms with Gasteiger partial charge in [-0.05, 0) is 63.0 Å². The van der Waals surface area contributed by atoms with Gasteiger partial charge in [-0.2, -0.15) is 0 Å². The number of carbonyl (C=O) groups excluding carboxylic acids is 1. The Hall–Kier alpha value is -0.930. The van der Waals surface area contributed by atoms with Crippen LogP contribution in [0.15, 0.2) is 40.4 Å². The Morgan fingerprint density at radius 3 is 2.65 bits per heavy atom.